The standard InChI is InChI=1S/C22H14ClF2N5/c23-14-6-4-13(5-7-14)19-10-15(28-29-19)11-30-9-8-18-20(12-30)27-22(26-18)16-2-1-3-17(24)21(16)25/h1-10,12H,11H2,(H,28,29)/p+1. The fourth-order valence-corrected chi connectivity index (χ4v) is 3.45. The molecule has 0 spiro atoms. The Labute approximate surface area is 175 Å². The van der Waals surface area contributed by atoms with Crippen LogP contribution in [0.5, 0.6) is 0 Å². The average molecular weight is 423 g/mol. The van der Waals surface area contributed by atoms with Crippen LogP contribution < -0.4 is 4.57 Å². The third-order valence-corrected chi connectivity index (χ3v) is 5.06. The van der Waals surface area contributed by atoms with Crippen molar-refractivity contribution in [2.24, 2.45) is 0 Å². The lowest BCUT2D eigenvalue weighted by Crippen LogP contribution is -2.33. The van der Waals surface area contributed by atoms with E-state index in [0.717, 1.165) is 23.0 Å². The molecule has 0 aliphatic carbocycles. The van der Waals surface area contributed by atoms with Gasteiger partial charge in [-0.05, 0) is 30.3 Å². The molecule has 0 saturated carbocycles. The predicted molar refractivity (Wildman–Crippen MR) is 110 cm³/mol. The van der Waals surface area contributed by atoms with Gasteiger partial charge in [-0.25, -0.2) is 13.8 Å². The van der Waals surface area contributed by atoms with Crippen LogP contribution in [0.2, 0.25) is 5.02 Å². The number of aromatic amines is 2. The molecule has 0 bridgehead atoms. The van der Waals surface area contributed by atoms with Gasteiger partial charge in [0.05, 0.1) is 11.3 Å². The first-order valence-electron chi connectivity index (χ1n) is 9.20. The maximum Gasteiger partial charge on any atom is 0.195 e. The van der Waals surface area contributed by atoms with Gasteiger partial charge < -0.3 is 4.98 Å². The van der Waals surface area contributed by atoms with Gasteiger partial charge in [-0.1, -0.05) is 29.8 Å². The van der Waals surface area contributed by atoms with Gasteiger partial charge in [-0.15, -0.1) is 0 Å². The van der Waals surface area contributed by atoms with E-state index in [1.165, 1.54) is 12.1 Å². The van der Waals surface area contributed by atoms with Gasteiger partial charge in [-0.2, -0.15) is 9.67 Å². The first kappa shape index (κ1) is 18.4. The molecule has 5 rings (SSSR count). The van der Waals surface area contributed by atoms with Crippen molar-refractivity contribution in [2.75, 3.05) is 0 Å². The summed E-state index contributed by atoms with van der Waals surface area (Å²) < 4.78 is 29.6. The van der Waals surface area contributed by atoms with Gasteiger partial charge in [-0.3, -0.25) is 5.10 Å². The Morgan fingerprint density at radius 3 is 2.70 bits per heavy atom. The summed E-state index contributed by atoms with van der Waals surface area (Å²) in [6.45, 7) is 0.555. The fourth-order valence-electron chi connectivity index (χ4n) is 3.32. The van der Waals surface area contributed by atoms with Gasteiger partial charge in [0.1, 0.15) is 22.6 Å². The molecule has 0 atom stereocenters. The third-order valence-electron chi connectivity index (χ3n) is 4.81. The number of fused-ring (bicyclic) bond motifs is 1. The van der Waals surface area contributed by atoms with Crippen molar-refractivity contribution >= 4 is 22.6 Å². The fraction of sp³-hybridized carbons (Fsp3) is 0.0455. The number of nitrogens with one attached hydrogen (secondary N) is 2. The molecule has 3 aromatic heterocycles. The summed E-state index contributed by atoms with van der Waals surface area (Å²) >= 11 is 5.94. The number of imidazole rings is 1. The SMILES string of the molecule is Fc1cccc(-c2nc3cc[n+](Cc4cc(-c5ccc(Cl)cc5)n[nH]4)cc3[nH]2)c1F. The smallest absolute Gasteiger partial charge is 0.195 e. The van der Waals surface area contributed by atoms with Crippen LogP contribution in [0, 0.1) is 11.6 Å². The lowest BCUT2D eigenvalue weighted by atomic mass is 10.1. The van der Waals surface area contributed by atoms with Crippen LogP contribution in [0.1, 0.15) is 5.69 Å². The number of nitrogens with zero attached hydrogens (tertiary/aromatic N) is 3. The molecule has 2 aromatic carbocycles. The van der Waals surface area contributed by atoms with E-state index in [2.05, 4.69) is 20.2 Å². The molecule has 0 aliphatic heterocycles. The largest absolute Gasteiger partial charge is 0.333 e. The third kappa shape index (κ3) is 3.44. The van der Waals surface area contributed by atoms with Crippen LogP contribution in [0.25, 0.3) is 33.7 Å². The molecule has 30 heavy (non-hydrogen) atoms. The maximum atomic E-state index is 14.1. The van der Waals surface area contributed by atoms with Crippen molar-refractivity contribution in [1.82, 2.24) is 20.2 Å². The zero-order valence-corrected chi connectivity index (χ0v) is 16.3. The molecule has 3 heterocycles. The second-order valence-corrected chi connectivity index (χ2v) is 7.32. The Morgan fingerprint density at radius 1 is 1.03 bits per heavy atom. The van der Waals surface area contributed by atoms with Crippen molar-refractivity contribution < 1.29 is 13.3 Å². The molecule has 5 aromatic rings. The summed E-state index contributed by atoms with van der Waals surface area (Å²) in [5.74, 6) is -1.54. The Bertz CT molecular complexity index is 1360. The summed E-state index contributed by atoms with van der Waals surface area (Å²) in [5.41, 5.74) is 4.19. The van der Waals surface area contributed by atoms with Crippen LogP contribution >= 0.6 is 11.6 Å². The van der Waals surface area contributed by atoms with E-state index in [0.29, 0.717) is 22.6 Å². The van der Waals surface area contributed by atoms with E-state index in [1.54, 1.807) is 0 Å². The molecule has 0 unspecified atom stereocenters. The second kappa shape index (κ2) is 7.35. The predicted octanol–water partition coefficient (Wildman–Crippen LogP) is 4.89. The number of rotatable bonds is 4. The van der Waals surface area contributed by atoms with Crippen molar-refractivity contribution in [2.45, 2.75) is 6.54 Å². The summed E-state index contributed by atoms with van der Waals surface area (Å²) in [5, 5.41) is 8.07. The van der Waals surface area contributed by atoms with E-state index in [-0.39, 0.29) is 11.4 Å². The van der Waals surface area contributed by atoms with E-state index in [4.69, 9.17) is 11.6 Å². The summed E-state index contributed by atoms with van der Waals surface area (Å²) in [7, 11) is 0. The molecule has 2 N–H and O–H groups in total. The first-order valence-corrected chi connectivity index (χ1v) is 9.58. The minimum absolute atomic E-state index is 0.0962. The molecule has 0 amide bonds. The van der Waals surface area contributed by atoms with E-state index in [1.807, 2.05) is 53.4 Å². The number of H-pyrrole nitrogens is 2. The van der Waals surface area contributed by atoms with Crippen molar-refractivity contribution in [3.05, 3.63) is 89.3 Å². The van der Waals surface area contributed by atoms with Crippen LogP contribution in [0.4, 0.5) is 8.78 Å². The number of hydrogen-bond acceptors (Lipinski definition) is 2. The molecular formula is C22H15ClF2N5+. The Balaban J connectivity index is 1.42. The highest BCUT2D eigenvalue weighted by Crippen LogP contribution is 2.24. The van der Waals surface area contributed by atoms with Crippen molar-refractivity contribution in [1.29, 1.82) is 0 Å². The summed E-state index contributed by atoms with van der Waals surface area (Å²) in [6, 6.07) is 15.3. The second-order valence-electron chi connectivity index (χ2n) is 6.89. The number of pyridine rings is 1. The number of hydrogen-bond donors (Lipinski definition) is 2. The zero-order valence-electron chi connectivity index (χ0n) is 15.5. The van der Waals surface area contributed by atoms with Gasteiger partial charge in [0, 0.05) is 16.7 Å². The average Bonchev–Trinajstić information content (AvgIpc) is 3.37. The molecule has 0 aliphatic rings. The van der Waals surface area contributed by atoms with Crippen LogP contribution in [0.3, 0.4) is 0 Å². The highest BCUT2D eigenvalue weighted by atomic mass is 35.5. The lowest BCUT2D eigenvalue weighted by Gasteiger charge is -1.99. The number of aromatic nitrogens is 5. The Hall–Kier alpha value is -3.58. The van der Waals surface area contributed by atoms with Crippen molar-refractivity contribution in [3.8, 4) is 22.6 Å². The van der Waals surface area contributed by atoms with Gasteiger partial charge in [0.2, 0.25) is 0 Å². The van der Waals surface area contributed by atoms with Crippen molar-refractivity contribution in [3.63, 3.8) is 0 Å². The molecular weight excluding hydrogens is 408 g/mol. The normalized spacial score (nSPS) is 11.3. The van der Waals surface area contributed by atoms with Gasteiger partial charge >= 0.3 is 0 Å². The highest BCUT2D eigenvalue weighted by molar-refractivity contribution is 6.30. The van der Waals surface area contributed by atoms with E-state index >= 15 is 0 Å². The molecule has 5 nitrogen and oxygen atoms in total. The first-order chi connectivity index (χ1) is 14.6. The summed E-state index contributed by atoms with van der Waals surface area (Å²) in [4.78, 5) is 7.44. The quantitative estimate of drug-likeness (QED) is 0.405. The zero-order chi connectivity index (χ0) is 20.7. The van der Waals surface area contributed by atoms with E-state index < -0.39 is 11.6 Å². The van der Waals surface area contributed by atoms with Crippen LogP contribution in [0.15, 0.2) is 67.0 Å². The minimum atomic E-state index is -0.920. The molecule has 8 heteroatoms. The van der Waals surface area contributed by atoms with Gasteiger partial charge in [0.15, 0.2) is 30.6 Å². The molecule has 0 radical (unpaired) electrons. The topological polar surface area (TPSA) is 61.2 Å². The molecule has 0 fully saturated rings. The Morgan fingerprint density at radius 2 is 1.87 bits per heavy atom. The minimum Gasteiger partial charge on any atom is -0.333 e. The Kier molecular flexibility index (Phi) is 4.52. The number of benzene rings is 2. The number of halogens is 3. The monoisotopic (exact) mass is 422 g/mol. The maximum absolute atomic E-state index is 14.1. The van der Waals surface area contributed by atoms with Crippen LogP contribution in [-0.2, 0) is 6.54 Å². The lowest BCUT2D eigenvalue weighted by molar-refractivity contribution is -0.687. The van der Waals surface area contributed by atoms with Crippen LogP contribution in [-0.4, -0.2) is 20.2 Å². The summed E-state index contributed by atoms with van der Waals surface area (Å²) in [6.07, 6.45) is 3.74. The van der Waals surface area contributed by atoms with Gasteiger partial charge in [0.25, 0.3) is 0 Å². The molecule has 148 valence electrons. The van der Waals surface area contributed by atoms with E-state index in [9.17, 15) is 8.78 Å². The highest BCUT2D eigenvalue weighted by Gasteiger charge is 2.16. The molecule has 0 saturated heterocycles.